The van der Waals surface area contributed by atoms with Crippen molar-refractivity contribution in [1.29, 1.82) is 0 Å². The Hall–Kier alpha value is -1.10. The van der Waals surface area contributed by atoms with Gasteiger partial charge in [-0.15, -0.1) is 0 Å². The van der Waals surface area contributed by atoms with Crippen molar-refractivity contribution in [3.05, 3.63) is 29.8 Å². The number of aryl methyl sites for hydroxylation is 1. The molecule has 1 aliphatic heterocycles. The average Bonchev–Trinajstić information content (AvgIpc) is 2.45. The molecule has 1 heterocycles. The largest absolute Gasteiger partial charge is 0.491 e. The quantitative estimate of drug-likeness (QED) is 0.821. The van der Waals surface area contributed by atoms with Crippen LogP contribution in [0.25, 0.3) is 0 Å². The van der Waals surface area contributed by atoms with E-state index >= 15 is 0 Å². The molecule has 0 aliphatic carbocycles. The molecule has 2 rings (SSSR count). The van der Waals surface area contributed by atoms with E-state index in [1.807, 2.05) is 31.2 Å². The van der Waals surface area contributed by atoms with Gasteiger partial charge in [0.1, 0.15) is 18.5 Å². The van der Waals surface area contributed by atoms with Crippen molar-refractivity contribution in [2.75, 3.05) is 26.2 Å². The van der Waals surface area contributed by atoms with Gasteiger partial charge in [0.2, 0.25) is 0 Å². The van der Waals surface area contributed by atoms with Crippen LogP contribution >= 0.6 is 0 Å². The summed E-state index contributed by atoms with van der Waals surface area (Å²) in [7, 11) is 0. The topological polar surface area (TPSA) is 44.7 Å². The Bertz CT molecular complexity index is 378. The van der Waals surface area contributed by atoms with Crippen molar-refractivity contribution in [2.45, 2.75) is 32.3 Å². The Kier molecular flexibility index (Phi) is 5.63. The van der Waals surface area contributed by atoms with Crippen LogP contribution < -0.4 is 10.2 Å². The first kappa shape index (κ1) is 14.3. The van der Waals surface area contributed by atoms with E-state index in [1.54, 1.807) is 0 Å². The molecule has 106 valence electrons. The number of aliphatic hydroxyl groups excluding tert-OH is 1. The number of ether oxygens (including phenoxy) is 1. The molecule has 0 spiro atoms. The van der Waals surface area contributed by atoms with E-state index in [9.17, 15) is 5.11 Å². The monoisotopic (exact) mass is 264 g/mol. The third kappa shape index (κ3) is 4.82. The summed E-state index contributed by atoms with van der Waals surface area (Å²) in [5, 5.41) is 12.1. The fourth-order valence-corrected chi connectivity index (χ4v) is 2.25. The molecular weight excluding hydrogens is 240 g/mol. The summed E-state index contributed by atoms with van der Waals surface area (Å²) in [5.41, 5.74) is 4.37. The van der Waals surface area contributed by atoms with E-state index in [1.165, 1.54) is 19.3 Å². The molecule has 0 radical (unpaired) electrons. The number of aliphatic hydroxyl groups is 1. The third-order valence-corrected chi connectivity index (χ3v) is 3.43. The maximum Gasteiger partial charge on any atom is 0.122 e. The summed E-state index contributed by atoms with van der Waals surface area (Å²) in [6, 6.07) is 7.87. The van der Waals surface area contributed by atoms with Crippen LogP contribution in [0.1, 0.15) is 24.8 Å². The zero-order chi connectivity index (χ0) is 13.5. The number of hydrogen-bond donors (Lipinski definition) is 2. The van der Waals surface area contributed by atoms with Gasteiger partial charge in [-0.25, -0.2) is 5.01 Å². The van der Waals surface area contributed by atoms with Crippen molar-refractivity contribution in [3.63, 3.8) is 0 Å². The van der Waals surface area contributed by atoms with Gasteiger partial charge >= 0.3 is 0 Å². The highest BCUT2D eigenvalue weighted by Gasteiger charge is 2.12. The molecule has 0 bridgehead atoms. The summed E-state index contributed by atoms with van der Waals surface area (Å²) >= 11 is 0. The lowest BCUT2D eigenvalue weighted by Crippen LogP contribution is -2.46. The Morgan fingerprint density at radius 1 is 1.26 bits per heavy atom. The maximum absolute atomic E-state index is 9.92. The van der Waals surface area contributed by atoms with Crippen molar-refractivity contribution in [1.82, 2.24) is 10.4 Å². The molecular formula is C15H24N2O2. The van der Waals surface area contributed by atoms with Crippen LogP contribution in [0.15, 0.2) is 24.3 Å². The van der Waals surface area contributed by atoms with Crippen LogP contribution in [0, 0.1) is 6.92 Å². The van der Waals surface area contributed by atoms with Gasteiger partial charge in [-0.3, -0.25) is 5.43 Å². The van der Waals surface area contributed by atoms with Gasteiger partial charge in [0.15, 0.2) is 0 Å². The van der Waals surface area contributed by atoms with Gasteiger partial charge < -0.3 is 9.84 Å². The molecule has 4 heteroatoms. The number of hydrogen-bond acceptors (Lipinski definition) is 4. The van der Waals surface area contributed by atoms with Crippen molar-refractivity contribution < 1.29 is 9.84 Å². The summed E-state index contributed by atoms with van der Waals surface area (Å²) in [6.07, 6.45) is 3.31. The third-order valence-electron chi connectivity index (χ3n) is 3.43. The Labute approximate surface area is 115 Å². The maximum atomic E-state index is 9.92. The number of benzene rings is 1. The molecule has 1 saturated heterocycles. The molecule has 4 nitrogen and oxygen atoms in total. The summed E-state index contributed by atoms with van der Waals surface area (Å²) < 4.78 is 5.63. The predicted octanol–water partition coefficient (Wildman–Crippen LogP) is 1.73. The Morgan fingerprint density at radius 3 is 2.74 bits per heavy atom. The normalized spacial score (nSPS) is 18.2. The van der Waals surface area contributed by atoms with E-state index in [0.29, 0.717) is 13.2 Å². The molecule has 1 unspecified atom stereocenters. The number of para-hydroxylation sites is 1. The minimum Gasteiger partial charge on any atom is -0.491 e. The zero-order valence-corrected chi connectivity index (χ0v) is 11.6. The van der Waals surface area contributed by atoms with E-state index in [-0.39, 0.29) is 0 Å². The molecule has 1 aromatic rings. The van der Waals surface area contributed by atoms with E-state index in [2.05, 4.69) is 10.4 Å². The summed E-state index contributed by atoms with van der Waals surface area (Å²) in [5.74, 6) is 0.847. The first-order chi connectivity index (χ1) is 9.25. The van der Waals surface area contributed by atoms with Crippen LogP contribution in [0.4, 0.5) is 0 Å². The van der Waals surface area contributed by atoms with Crippen LogP contribution in [-0.2, 0) is 0 Å². The van der Waals surface area contributed by atoms with Gasteiger partial charge in [-0.05, 0) is 31.4 Å². The summed E-state index contributed by atoms with van der Waals surface area (Å²) in [6.45, 7) is 5.03. The van der Waals surface area contributed by atoms with Crippen LogP contribution in [0.5, 0.6) is 5.75 Å². The minimum absolute atomic E-state index is 0.325. The fourth-order valence-electron chi connectivity index (χ4n) is 2.25. The number of hydrazine groups is 1. The van der Waals surface area contributed by atoms with Gasteiger partial charge in [-0.1, -0.05) is 24.6 Å². The molecule has 1 fully saturated rings. The molecule has 1 atom stereocenters. The smallest absolute Gasteiger partial charge is 0.122 e. The second-order valence-electron chi connectivity index (χ2n) is 5.14. The molecule has 1 aliphatic rings. The van der Waals surface area contributed by atoms with Crippen LogP contribution in [0.2, 0.25) is 0 Å². The number of rotatable bonds is 6. The van der Waals surface area contributed by atoms with Gasteiger partial charge in [0, 0.05) is 19.6 Å². The first-order valence-electron chi connectivity index (χ1n) is 7.10. The molecule has 2 N–H and O–H groups in total. The standard InChI is InChI=1S/C15H24N2O2/c1-13-7-3-4-8-15(13)19-12-14(18)11-16-17-9-5-2-6-10-17/h3-4,7-8,14,16,18H,2,5-6,9-12H2,1H3. The van der Waals surface area contributed by atoms with E-state index in [0.717, 1.165) is 24.4 Å². The van der Waals surface area contributed by atoms with E-state index in [4.69, 9.17) is 4.74 Å². The Morgan fingerprint density at radius 2 is 2.00 bits per heavy atom. The Balaban J connectivity index is 1.66. The fraction of sp³-hybridized carbons (Fsp3) is 0.600. The molecule has 0 saturated carbocycles. The lowest BCUT2D eigenvalue weighted by molar-refractivity contribution is 0.0682. The van der Waals surface area contributed by atoms with E-state index < -0.39 is 6.10 Å². The predicted molar refractivity (Wildman–Crippen MR) is 76.1 cm³/mol. The average molecular weight is 264 g/mol. The lowest BCUT2D eigenvalue weighted by atomic mass is 10.2. The SMILES string of the molecule is Cc1ccccc1OCC(O)CNN1CCCCC1. The van der Waals surface area contributed by atoms with Crippen LogP contribution in [0.3, 0.4) is 0 Å². The lowest BCUT2D eigenvalue weighted by Gasteiger charge is -2.28. The highest BCUT2D eigenvalue weighted by Crippen LogP contribution is 2.16. The molecule has 1 aromatic carbocycles. The van der Waals surface area contributed by atoms with Crippen molar-refractivity contribution in [3.8, 4) is 5.75 Å². The van der Waals surface area contributed by atoms with Gasteiger partial charge in [0.25, 0.3) is 0 Å². The number of piperidine rings is 1. The van der Waals surface area contributed by atoms with Gasteiger partial charge in [0.05, 0.1) is 0 Å². The summed E-state index contributed by atoms with van der Waals surface area (Å²) in [4.78, 5) is 0. The molecule has 0 aromatic heterocycles. The zero-order valence-electron chi connectivity index (χ0n) is 11.6. The second kappa shape index (κ2) is 7.48. The highest BCUT2D eigenvalue weighted by molar-refractivity contribution is 5.31. The first-order valence-corrected chi connectivity index (χ1v) is 7.10. The number of nitrogens with zero attached hydrogens (tertiary/aromatic N) is 1. The highest BCUT2D eigenvalue weighted by atomic mass is 16.5. The van der Waals surface area contributed by atoms with Gasteiger partial charge in [-0.2, -0.15) is 0 Å². The van der Waals surface area contributed by atoms with Crippen molar-refractivity contribution >= 4 is 0 Å². The molecule has 19 heavy (non-hydrogen) atoms. The van der Waals surface area contributed by atoms with Crippen LogP contribution in [-0.4, -0.2) is 42.5 Å². The number of nitrogens with one attached hydrogen (secondary N) is 1. The second-order valence-corrected chi connectivity index (χ2v) is 5.14. The molecule has 0 amide bonds. The minimum atomic E-state index is -0.485. The van der Waals surface area contributed by atoms with Crippen molar-refractivity contribution in [2.24, 2.45) is 0 Å².